The van der Waals surface area contributed by atoms with Crippen LogP contribution in [-0.2, 0) is 11.8 Å². The normalized spacial score (nSPS) is 11.4. The predicted molar refractivity (Wildman–Crippen MR) is 63.8 cm³/mol. The molecule has 6 nitrogen and oxygen atoms in total. The van der Waals surface area contributed by atoms with Gasteiger partial charge < -0.3 is 14.7 Å². The number of hydrogen-bond acceptors (Lipinski definition) is 4. The molecule has 6 heteroatoms. The molecule has 1 N–H and O–H groups in total. The van der Waals surface area contributed by atoms with Gasteiger partial charge in [0.1, 0.15) is 0 Å². The van der Waals surface area contributed by atoms with Crippen molar-refractivity contribution >= 4 is 6.03 Å². The highest BCUT2D eigenvalue weighted by Gasteiger charge is 2.21. The number of amides is 2. The molecule has 0 aliphatic carbocycles. The molecule has 1 rings (SSSR count). The van der Waals surface area contributed by atoms with Gasteiger partial charge in [-0.2, -0.15) is 4.98 Å². The molecule has 2 amide bonds. The van der Waals surface area contributed by atoms with Crippen LogP contribution >= 0.6 is 0 Å². The van der Waals surface area contributed by atoms with E-state index in [0.29, 0.717) is 24.7 Å². The molecule has 0 aromatic carbocycles. The van der Waals surface area contributed by atoms with E-state index in [9.17, 15) is 4.79 Å². The molecule has 0 aliphatic rings. The maximum atomic E-state index is 11.2. The van der Waals surface area contributed by atoms with Crippen molar-refractivity contribution in [2.45, 2.75) is 32.6 Å². The Morgan fingerprint density at radius 3 is 2.53 bits per heavy atom. The van der Waals surface area contributed by atoms with Gasteiger partial charge in [0.05, 0.1) is 0 Å². The Kier molecular flexibility index (Phi) is 4.09. The number of hydrogen-bond donors (Lipinski definition) is 1. The van der Waals surface area contributed by atoms with Crippen LogP contribution in [-0.4, -0.2) is 41.7 Å². The maximum absolute atomic E-state index is 11.2. The van der Waals surface area contributed by atoms with Crippen molar-refractivity contribution in [3.63, 3.8) is 0 Å². The van der Waals surface area contributed by atoms with Crippen molar-refractivity contribution in [1.82, 2.24) is 20.4 Å². The molecule has 1 aromatic rings. The summed E-state index contributed by atoms with van der Waals surface area (Å²) < 4.78 is 5.15. The number of nitrogens with one attached hydrogen (secondary N) is 1. The number of carbonyl (C=O) groups is 1. The van der Waals surface area contributed by atoms with Crippen LogP contribution < -0.4 is 5.32 Å². The quantitative estimate of drug-likeness (QED) is 0.861. The average molecular weight is 240 g/mol. The summed E-state index contributed by atoms with van der Waals surface area (Å²) in [7, 11) is 3.39. The van der Waals surface area contributed by atoms with Gasteiger partial charge in [-0.05, 0) is 0 Å². The van der Waals surface area contributed by atoms with Crippen LogP contribution in [0.4, 0.5) is 4.79 Å². The third-order valence-electron chi connectivity index (χ3n) is 2.14. The van der Waals surface area contributed by atoms with Gasteiger partial charge in [-0.25, -0.2) is 4.79 Å². The van der Waals surface area contributed by atoms with E-state index in [1.807, 2.05) is 20.8 Å². The molecular weight excluding hydrogens is 220 g/mol. The zero-order chi connectivity index (χ0) is 13.1. The van der Waals surface area contributed by atoms with Crippen LogP contribution in [0, 0.1) is 0 Å². The predicted octanol–water partition coefficient (Wildman–Crippen LogP) is 1.18. The highest BCUT2D eigenvalue weighted by Crippen LogP contribution is 2.19. The van der Waals surface area contributed by atoms with Gasteiger partial charge in [-0.15, -0.1) is 0 Å². The second-order valence-electron chi connectivity index (χ2n) is 5.14. The Morgan fingerprint density at radius 1 is 1.41 bits per heavy atom. The summed E-state index contributed by atoms with van der Waals surface area (Å²) in [4.78, 5) is 17.0. The van der Waals surface area contributed by atoms with E-state index in [-0.39, 0.29) is 11.4 Å². The molecule has 1 aromatic heterocycles. The molecule has 0 radical (unpaired) electrons. The van der Waals surface area contributed by atoms with E-state index in [0.717, 1.165) is 0 Å². The van der Waals surface area contributed by atoms with E-state index in [1.54, 1.807) is 14.1 Å². The number of rotatable bonds is 3. The third kappa shape index (κ3) is 4.05. The van der Waals surface area contributed by atoms with Crippen LogP contribution in [0.3, 0.4) is 0 Å². The van der Waals surface area contributed by atoms with E-state index < -0.39 is 0 Å². The highest BCUT2D eigenvalue weighted by atomic mass is 16.5. The first-order chi connectivity index (χ1) is 7.80. The van der Waals surface area contributed by atoms with Crippen molar-refractivity contribution in [2.75, 3.05) is 20.6 Å². The molecule has 0 unspecified atom stereocenters. The summed E-state index contributed by atoms with van der Waals surface area (Å²) in [6.45, 7) is 6.54. The first-order valence-electron chi connectivity index (χ1n) is 5.59. The molecule has 1 heterocycles. The van der Waals surface area contributed by atoms with Gasteiger partial charge in [0, 0.05) is 32.5 Å². The molecule has 0 saturated carbocycles. The van der Waals surface area contributed by atoms with E-state index in [2.05, 4.69) is 15.5 Å². The lowest BCUT2D eigenvalue weighted by Gasteiger charge is -2.11. The number of nitrogens with zero attached hydrogens (tertiary/aromatic N) is 3. The summed E-state index contributed by atoms with van der Waals surface area (Å²) in [6, 6.07) is -0.121. The lowest BCUT2D eigenvalue weighted by atomic mass is 9.97. The zero-order valence-electron chi connectivity index (χ0n) is 11.1. The van der Waals surface area contributed by atoms with Crippen molar-refractivity contribution in [3.8, 4) is 0 Å². The van der Waals surface area contributed by atoms with Crippen molar-refractivity contribution in [2.24, 2.45) is 0 Å². The Bertz CT molecular complexity index is 379. The van der Waals surface area contributed by atoms with Crippen molar-refractivity contribution in [3.05, 3.63) is 11.7 Å². The fraction of sp³-hybridized carbons (Fsp3) is 0.727. The molecule has 0 spiro atoms. The molecule has 0 aliphatic heterocycles. The molecule has 17 heavy (non-hydrogen) atoms. The van der Waals surface area contributed by atoms with Gasteiger partial charge in [0.25, 0.3) is 0 Å². The SMILES string of the molecule is CN(C)C(=O)NCCc1noc(C(C)(C)C)n1. The molecule has 0 atom stereocenters. The van der Waals surface area contributed by atoms with Gasteiger partial charge in [0.15, 0.2) is 5.82 Å². The highest BCUT2D eigenvalue weighted by molar-refractivity contribution is 5.73. The van der Waals surface area contributed by atoms with E-state index in [1.165, 1.54) is 4.90 Å². The Morgan fingerprint density at radius 2 is 2.06 bits per heavy atom. The molecular formula is C11H20N4O2. The summed E-state index contributed by atoms with van der Waals surface area (Å²) >= 11 is 0. The molecule has 0 fully saturated rings. The fourth-order valence-corrected chi connectivity index (χ4v) is 1.10. The van der Waals surface area contributed by atoms with Gasteiger partial charge in [0.2, 0.25) is 5.89 Å². The summed E-state index contributed by atoms with van der Waals surface area (Å²) in [5.41, 5.74) is -0.141. The summed E-state index contributed by atoms with van der Waals surface area (Å²) in [5.74, 6) is 1.24. The molecule has 0 saturated heterocycles. The molecule has 0 bridgehead atoms. The van der Waals surface area contributed by atoms with E-state index >= 15 is 0 Å². The largest absolute Gasteiger partial charge is 0.339 e. The standard InChI is InChI=1S/C11H20N4O2/c1-11(2,3)9-13-8(14-17-9)6-7-12-10(16)15(4)5/h6-7H2,1-5H3,(H,12,16). The second kappa shape index (κ2) is 5.16. The average Bonchev–Trinajstić information content (AvgIpc) is 2.65. The minimum Gasteiger partial charge on any atom is -0.339 e. The number of aromatic nitrogens is 2. The second-order valence-corrected chi connectivity index (χ2v) is 5.14. The van der Waals surface area contributed by atoms with E-state index in [4.69, 9.17) is 4.52 Å². The zero-order valence-corrected chi connectivity index (χ0v) is 11.1. The van der Waals surface area contributed by atoms with Gasteiger partial charge in [-0.3, -0.25) is 0 Å². The fourth-order valence-electron chi connectivity index (χ4n) is 1.10. The number of urea groups is 1. The summed E-state index contributed by atoms with van der Waals surface area (Å²) in [5, 5.41) is 6.62. The van der Waals surface area contributed by atoms with Crippen LogP contribution in [0.25, 0.3) is 0 Å². The lowest BCUT2D eigenvalue weighted by molar-refractivity contribution is 0.217. The Labute approximate surface area is 101 Å². The topological polar surface area (TPSA) is 71.3 Å². The van der Waals surface area contributed by atoms with Crippen molar-refractivity contribution < 1.29 is 9.32 Å². The smallest absolute Gasteiger partial charge is 0.316 e. The number of carbonyl (C=O) groups excluding carboxylic acids is 1. The summed E-state index contributed by atoms with van der Waals surface area (Å²) in [6.07, 6.45) is 0.569. The molecule has 96 valence electrons. The lowest BCUT2D eigenvalue weighted by Crippen LogP contribution is -2.35. The van der Waals surface area contributed by atoms with Crippen LogP contribution in [0.5, 0.6) is 0 Å². The van der Waals surface area contributed by atoms with Crippen LogP contribution in [0.1, 0.15) is 32.5 Å². The maximum Gasteiger partial charge on any atom is 0.316 e. The minimum atomic E-state index is -0.141. The Balaban J connectivity index is 2.43. The van der Waals surface area contributed by atoms with Crippen LogP contribution in [0.2, 0.25) is 0 Å². The third-order valence-corrected chi connectivity index (χ3v) is 2.14. The van der Waals surface area contributed by atoms with Crippen molar-refractivity contribution in [1.29, 1.82) is 0 Å². The Hall–Kier alpha value is -1.59. The first-order valence-corrected chi connectivity index (χ1v) is 5.59. The van der Waals surface area contributed by atoms with Gasteiger partial charge >= 0.3 is 6.03 Å². The monoisotopic (exact) mass is 240 g/mol. The van der Waals surface area contributed by atoms with Gasteiger partial charge in [-0.1, -0.05) is 25.9 Å². The first kappa shape index (κ1) is 13.5. The minimum absolute atomic E-state index is 0.121. The van der Waals surface area contributed by atoms with Crippen LogP contribution in [0.15, 0.2) is 4.52 Å².